The predicted molar refractivity (Wildman–Crippen MR) is 133 cm³/mol. The van der Waals surface area contributed by atoms with E-state index in [1.807, 2.05) is 19.1 Å². The molecule has 8 nitrogen and oxygen atoms in total. The Bertz CT molecular complexity index is 1050. The fourth-order valence-electron chi connectivity index (χ4n) is 3.71. The lowest BCUT2D eigenvalue weighted by molar-refractivity contribution is -0.139. The third-order valence-corrected chi connectivity index (χ3v) is 5.64. The first-order chi connectivity index (χ1) is 16.5. The Labute approximate surface area is 205 Å². The van der Waals surface area contributed by atoms with E-state index in [1.165, 1.54) is 13.0 Å². The Morgan fingerprint density at radius 3 is 2.11 bits per heavy atom. The number of carbonyl (C=O) groups excluding carboxylic acids is 5. The summed E-state index contributed by atoms with van der Waals surface area (Å²) in [7, 11) is 0. The Morgan fingerprint density at radius 1 is 0.943 bits per heavy atom. The van der Waals surface area contributed by atoms with Crippen molar-refractivity contribution in [2.75, 3.05) is 0 Å². The summed E-state index contributed by atoms with van der Waals surface area (Å²) in [5.74, 6) is -4.85. The third-order valence-electron chi connectivity index (χ3n) is 5.64. The molecule has 1 aromatic carbocycles. The fraction of sp³-hybridized carbons (Fsp3) is 0.370. The molecule has 3 N–H and O–H groups in total. The Hall–Kier alpha value is -3.81. The molecule has 0 bridgehead atoms. The summed E-state index contributed by atoms with van der Waals surface area (Å²) in [5, 5.41) is 7.59. The van der Waals surface area contributed by atoms with E-state index in [0.717, 1.165) is 0 Å². The number of benzene rings is 1. The summed E-state index contributed by atoms with van der Waals surface area (Å²) in [4.78, 5) is 63.5. The van der Waals surface area contributed by atoms with E-state index in [4.69, 9.17) is 0 Å². The van der Waals surface area contributed by atoms with Crippen LogP contribution in [0.15, 0.2) is 66.8 Å². The van der Waals surface area contributed by atoms with Gasteiger partial charge in [0.1, 0.15) is 12.0 Å². The molecule has 0 unspecified atom stereocenters. The van der Waals surface area contributed by atoms with Gasteiger partial charge in [0.2, 0.25) is 23.6 Å². The molecule has 1 saturated heterocycles. The molecule has 1 aromatic rings. The van der Waals surface area contributed by atoms with Crippen LogP contribution < -0.4 is 16.0 Å². The molecule has 4 amide bonds. The second kappa shape index (κ2) is 12.1. The summed E-state index contributed by atoms with van der Waals surface area (Å²) in [6, 6.07) is 6.49. The van der Waals surface area contributed by atoms with Crippen LogP contribution in [0.4, 0.5) is 0 Å². The van der Waals surface area contributed by atoms with Crippen LogP contribution in [0.1, 0.15) is 46.2 Å². The number of ketones is 1. The lowest BCUT2D eigenvalue weighted by Gasteiger charge is -2.33. The minimum absolute atomic E-state index is 0.493. The maximum atomic E-state index is 13.4. The Morgan fingerprint density at radius 2 is 1.57 bits per heavy atom. The molecular formula is C27H33N3O5. The monoisotopic (exact) mass is 479 g/mol. The predicted octanol–water partition coefficient (Wildman–Crippen LogP) is 2.54. The van der Waals surface area contributed by atoms with Gasteiger partial charge in [0, 0.05) is 6.08 Å². The van der Waals surface area contributed by atoms with E-state index < -0.39 is 58.7 Å². The van der Waals surface area contributed by atoms with Gasteiger partial charge in [-0.15, -0.1) is 0 Å². The second-order valence-electron chi connectivity index (χ2n) is 9.45. The molecule has 0 spiro atoms. The highest BCUT2D eigenvalue weighted by atomic mass is 16.2. The van der Waals surface area contributed by atoms with Crippen molar-refractivity contribution in [1.29, 1.82) is 0 Å². The van der Waals surface area contributed by atoms with Crippen LogP contribution in [0.3, 0.4) is 0 Å². The number of carbonyl (C=O) groups is 5. The molecular weight excluding hydrogens is 446 g/mol. The van der Waals surface area contributed by atoms with E-state index >= 15 is 0 Å². The van der Waals surface area contributed by atoms with Crippen molar-refractivity contribution in [1.82, 2.24) is 16.0 Å². The average Bonchev–Trinajstić information content (AvgIpc) is 3.06. The molecule has 186 valence electrons. The van der Waals surface area contributed by atoms with Crippen LogP contribution in [0.5, 0.6) is 0 Å². The second-order valence-corrected chi connectivity index (χ2v) is 9.45. The SMILES string of the molecule is CC=CC=CC=CC(=O)N[C@@H](C(=O)N[C@H](C(=O)[C@H]1C(=O)NC(=O)[C@@H]1C)C(C)(C)C)c1ccccc1. The van der Waals surface area contributed by atoms with Crippen LogP contribution in [-0.2, 0) is 24.0 Å². The Balaban J connectivity index is 2.30. The number of Topliss-reactive ketones (excluding diaryl/α,β-unsaturated/α-hetero) is 1. The number of amides is 4. The van der Waals surface area contributed by atoms with Gasteiger partial charge in [-0.3, -0.25) is 29.3 Å². The summed E-state index contributed by atoms with van der Waals surface area (Å²) < 4.78 is 0. The summed E-state index contributed by atoms with van der Waals surface area (Å²) in [6.07, 6.45) is 9.94. The molecule has 8 heteroatoms. The van der Waals surface area contributed by atoms with Gasteiger partial charge >= 0.3 is 0 Å². The van der Waals surface area contributed by atoms with Crippen LogP contribution >= 0.6 is 0 Å². The molecule has 2 rings (SSSR count). The standard InChI is InChI=1S/C27H33N3O5/c1-6-7-8-9-13-16-19(31)28-21(18-14-11-10-12-15-18)26(35)29-23(27(3,4)5)22(32)20-17(2)24(33)30-25(20)34/h6-17,20-21,23H,1-5H3,(H,28,31)(H,29,35)(H,30,33,34)/t17-,20+,21-,23-/m1/s1. The number of imide groups is 1. The van der Waals surface area contributed by atoms with Crippen molar-refractivity contribution in [2.45, 2.75) is 46.7 Å². The summed E-state index contributed by atoms with van der Waals surface area (Å²) in [5.41, 5.74) is -0.236. The average molecular weight is 480 g/mol. The largest absolute Gasteiger partial charge is 0.344 e. The van der Waals surface area contributed by atoms with Crippen molar-refractivity contribution >= 4 is 29.4 Å². The summed E-state index contributed by atoms with van der Waals surface area (Å²) in [6.45, 7) is 8.65. The normalized spacial score (nSPS) is 20.3. The van der Waals surface area contributed by atoms with E-state index in [0.29, 0.717) is 5.56 Å². The number of allylic oxidation sites excluding steroid dienone is 5. The lowest BCUT2D eigenvalue weighted by Crippen LogP contribution is -2.55. The first-order valence-electron chi connectivity index (χ1n) is 11.5. The van der Waals surface area contributed by atoms with Gasteiger partial charge in [0.15, 0.2) is 5.78 Å². The van der Waals surface area contributed by atoms with Gasteiger partial charge < -0.3 is 10.6 Å². The molecule has 1 heterocycles. The van der Waals surface area contributed by atoms with Gasteiger partial charge in [-0.25, -0.2) is 0 Å². The van der Waals surface area contributed by atoms with Gasteiger partial charge in [-0.05, 0) is 17.9 Å². The molecule has 4 atom stereocenters. The topological polar surface area (TPSA) is 121 Å². The zero-order valence-electron chi connectivity index (χ0n) is 20.7. The van der Waals surface area contributed by atoms with Gasteiger partial charge in [0.25, 0.3) is 0 Å². The molecule has 0 aromatic heterocycles. The molecule has 1 aliphatic heterocycles. The smallest absolute Gasteiger partial charge is 0.247 e. The highest BCUT2D eigenvalue weighted by Gasteiger charge is 2.48. The zero-order chi connectivity index (χ0) is 26.2. The van der Waals surface area contributed by atoms with Gasteiger partial charge in [0.05, 0.1) is 12.0 Å². The van der Waals surface area contributed by atoms with E-state index in [1.54, 1.807) is 69.3 Å². The third kappa shape index (κ3) is 7.34. The van der Waals surface area contributed by atoms with Gasteiger partial charge in [-0.2, -0.15) is 0 Å². The van der Waals surface area contributed by atoms with E-state index in [9.17, 15) is 24.0 Å². The number of nitrogens with one attached hydrogen (secondary N) is 3. The van der Waals surface area contributed by atoms with E-state index in [2.05, 4.69) is 16.0 Å². The molecule has 0 saturated carbocycles. The fourth-order valence-corrected chi connectivity index (χ4v) is 3.71. The first kappa shape index (κ1) is 27.4. The highest BCUT2D eigenvalue weighted by Crippen LogP contribution is 2.29. The zero-order valence-corrected chi connectivity index (χ0v) is 20.7. The number of hydrogen-bond donors (Lipinski definition) is 3. The van der Waals surface area contributed by atoms with Crippen molar-refractivity contribution < 1.29 is 24.0 Å². The van der Waals surface area contributed by atoms with Crippen molar-refractivity contribution in [2.24, 2.45) is 17.3 Å². The first-order valence-corrected chi connectivity index (χ1v) is 11.5. The highest BCUT2D eigenvalue weighted by molar-refractivity contribution is 6.17. The van der Waals surface area contributed by atoms with E-state index in [-0.39, 0.29) is 0 Å². The van der Waals surface area contributed by atoms with Crippen LogP contribution in [0.25, 0.3) is 0 Å². The maximum Gasteiger partial charge on any atom is 0.247 e. The number of rotatable bonds is 9. The van der Waals surface area contributed by atoms with Gasteiger partial charge in [-0.1, -0.05) is 88.4 Å². The van der Waals surface area contributed by atoms with Crippen LogP contribution in [0.2, 0.25) is 0 Å². The molecule has 1 fully saturated rings. The van der Waals surface area contributed by atoms with Crippen molar-refractivity contribution in [3.05, 3.63) is 72.4 Å². The minimum Gasteiger partial charge on any atom is -0.344 e. The van der Waals surface area contributed by atoms with Crippen LogP contribution in [-0.4, -0.2) is 35.5 Å². The molecule has 1 aliphatic rings. The minimum atomic E-state index is -1.19. The van der Waals surface area contributed by atoms with Crippen molar-refractivity contribution in [3.8, 4) is 0 Å². The lowest BCUT2D eigenvalue weighted by atomic mass is 9.77. The quantitative estimate of drug-likeness (QED) is 0.218. The summed E-state index contributed by atoms with van der Waals surface area (Å²) >= 11 is 0. The Kier molecular flexibility index (Phi) is 9.45. The number of hydrogen-bond acceptors (Lipinski definition) is 5. The van der Waals surface area contributed by atoms with Crippen molar-refractivity contribution in [3.63, 3.8) is 0 Å². The van der Waals surface area contributed by atoms with Crippen LogP contribution in [0, 0.1) is 17.3 Å². The molecule has 35 heavy (non-hydrogen) atoms. The molecule has 0 radical (unpaired) electrons. The maximum absolute atomic E-state index is 13.4. The molecule has 0 aliphatic carbocycles.